The van der Waals surface area contributed by atoms with Gasteiger partial charge in [-0.1, -0.05) is 159 Å². The van der Waals surface area contributed by atoms with Crippen molar-refractivity contribution in [1.82, 2.24) is 0 Å². The van der Waals surface area contributed by atoms with Crippen LogP contribution in [0.5, 0.6) is 0 Å². The van der Waals surface area contributed by atoms with Crippen molar-refractivity contribution < 1.29 is 4.42 Å². The maximum atomic E-state index is 6.46. The second kappa shape index (κ2) is 10.8. The molecule has 1 aromatic heterocycles. The van der Waals surface area contributed by atoms with Crippen LogP contribution in [0.15, 0.2) is 174 Å². The Balaban J connectivity index is 1.04. The summed E-state index contributed by atoms with van der Waals surface area (Å²) >= 11 is 0. The molecular weight excluding hydrogens is 629 g/mol. The zero-order valence-corrected chi connectivity index (χ0v) is 29.1. The van der Waals surface area contributed by atoms with E-state index in [0.29, 0.717) is 0 Å². The van der Waals surface area contributed by atoms with Gasteiger partial charge in [0, 0.05) is 21.6 Å². The molecule has 0 unspecified atom stereocenters. The monoisotopic (exact) mass is 662 g/mol. The van der Waals surface area contributed by atoms with E-state index in [1.165, 1.54) is 98.7 Å². The van der Waals surface area contributed by atoms with Crippen molar-refractivity contribution >= 4 is 54.3 Å². The lowest BCUT2D eigenvalue weighted by Gasteiger charge is -2.23. The molecule has 0 fully saturated rings. The minimum absolute atomic E-state index is 0.139. The third kappa shape index (κ3) is 4.05. The normalized spacial score (nSPS) is 13.3. The molecule has 1 aliphatic rings. The van der Waals surface area contributed by atoms with E-state index in [1.807, 2.05) is 6.07 Å². The van der Waals surface area contributed by atoms with Gasteiger partial charge >= 0.3 is 0 Å². The Hall–Kier alpha value is -6.44. The van der Waals surface area contributed by atoms with Crippen LogP contribution in [-0.2, 0) is 5.41 Å². The van der Waals surface area contributed by atoms with E-state index in [1.54, 1.807) is 0 Å². The first-order valence-electron chi connectivity index (χ1n) is 18.2. The Kier molecular flexibility index (Phi) is 6.08. The minimum atomic E-state index is -0.139. The van der Waals surface area contributed by atoms with Crippen LogP contribution in [0.1, 0.15) is 25.0 Å². The second-order valence-electron chi connectivity index (χ2n) is 14.8. The molecule has 0 saturated carbocycles. The first kappa shape index (κ1) is 29.3. The fourth-order valence-electron chi connectivity index (χ4n) is 9.30. The molecule has 0 bridgehead atoms. The largest absolute Gasteiger partial charge is 0.455 e. The number of furan rings is 1. The third-order valence-corrected chi connectivity index (χ3v) is 11.6. The van der Waals surface area contributed by atoms with Crippen LogP contribution in [0.25, 0.3) is 98.8 Å². The first-order valence-corrected chi connectivity index (χ1v) is 18.2. The van der Waals surface area contributed by atoms with Crippen molar-refractivity contribution in [2.75, 3.05) is 0 Å². The smallest absolute Gasteiger partial charge is 0.143 e. The van der Waals surface area contributed by atoms with Gasteiger partial charge in [0.15, 0.2) is 0 Å². The van der Waals surface area contributed by atoms with Crippen LogP contribution >= 0.6 is 0 Å². The molecule has 0 atom stereocenters. The van der Waals surface area contributed by atoms with E-state index in [-0.39, 0.29) is 5.41 Å². The summed E-state index contributed by atoms with van der Waals surface area (Å²) in [6, 6.07) is 62.3. The molecule has 1 heteroatoms. The Labute approximate surface area is 302 Å². The van der Waals surface area contributed by atoms with E-state index in [2.05, 4.69) is 178 Å². The fourth-order valence-corrected chi connectivity index (χ4v) is 9.30. The van der Waals surface area contributed by atoms with Gasteiger partial charge in [-0.25, -0.2) is 0 Å². The number of fused-ring (bicyclic) bond motifs is 11. The van der Waals surface area contributed by atoms with E-state index >= 15 is 0 Å². The maximum Gasteiger partial charge on any atom is 0.143 e. The molecule has 11 rings (SSSR count). The lowest BCUT2D eigenvalue weighted by molar-refractivity contribution is 0.665. The number of para-hydroxylation sites is 1. The molecule has 9 aromatic carbocycles. The summed E-state index contributed by atoms with van der Waals surface area (Å²) in [7, 11) is 0. The van der Waals surface area contributed by atoms with Crippen molar-refractivity contribution in [3.8, 4) is 44.5 Å². The molecule has 0 aliphatic heterocycles. The second-order valence-corrected chi connectivity index (χ2v) is 14.8. The quantitative estimate of drug-likeness (QED) is 0.172. The van der Waals surface area contributed by atoms with E-state index in [9.17, 15) is 0 Å². The van der Waals surface area contributed by atoms with Gasteiger partial charge in [-0.3, -0.25) is 0 Å². The van der Waals surface area contributed by atoms with Crippen molar-refractivity contribution in [2.24, 2.45) is 0 Å². The summed E-state index contributed by atoms with van der Waals surface area (Å²) in [5.74, 6) is 0. The maximum absolute atomic E-state index is 6.46. The van der Waals surface area contributed by atoms with Gasteiger partial charge in [-0.15, -0.1) is 0 Å². The topological polar surface area (TPSA) is 13.1 Å². The Morgan fingerprint density at radius 3 is 1.54 bits per heavy atom. The molecule has 52 heavy (non-hydrogen) atoms. The molecule has 0 amide bonds. The van der Waals surface area contributed by atoms with E-state index in [4.69, 9.17) is 4.42 Å². The van der Waals surface area contributed by atoms with E-state index < -0.39 is 0 Å². The van der Waals surface area contributed by atoms with Crippen LogP contribution in [0, 0.1) is 0 Å². The lowest BCUT2D eigenvalue weighted by Crippen LogP contribution is -2.15. The highest BCUT2D eigenvalue weighted by Crippen LogP contribution is 2.53. The average Bonchev–Trinajstić information content (AvgIpc) is 3.69. The zero-order valence-electron chi connectivity index (χ0n) is 29.1. The Bertz CT molecular complexity index is 3010. The first-order chi connectivity index (χ1) is 25.6. The Morgan fingerprint density at radius 1 is 0.365 bits per heavy atom. The van der Waals surface area contributed by atoms with Crippen LogP contribution in [0.4, 0.5) is 0 Å². The molecule has 0 radical (unpaired) electrons. The van der Waals surface area contributed by atoms with Gasteiger partial charge in [0.25, 0.3) is 0 Å². The van der Waals surface area contributed by atoms with Crippen molar-refractivity contribution in [3.63, 3.8) is 0 Å². The Morgan fingerprint density at radius 2 is 0.865 bits per heavy atom. The highest BCUT2D eigenvalue weighted by Gasteiger charge is 2.37. The summed E-state index contributed by atoms with van der Waals surface area (Å²) in [4.78, 5) is 0. The molecular formula is C51H34O. The molecule has 0 N–H and O–H groups in total. The average molecular weight is 663 g/mol. The standard InChI is InChI=1S/C51H34O/c1-51(2)45-29-24-34(30-44(45)41-26-28-43-40(49(41)51)25-27-42-35-14-10-11-19-46(35)52-50(42)43)31-20-22-33(23-21-31)48-38-17-8-6-15-36(38)47(32-12-4-3-5-13-32)37-16-7-9-18-39(37)48/h3-30H,1-2H3. The van der Waals surface area contributed by atoms with Gasteiger partial charge in [-0.05, 0) is 107 Å². The predicted octanol–water partition coefficient (Wildman–Crippen LogP) is 14.4. The van der Waals surface area contributed by atoms with Crippen LogP contribution in [-0.4, -0.2) is 0 Å². The SMILES string of the molecule is CC1(C)c2ccc(-c3ccc(-c4c5ccccc5c(-c5ccccc5)c5ccccc45)cc3)cc2-c2ccc3c(ccc4c5ccccc5oc34)c21. The van der Waals surface area contributed by atoms with Crippen molar-refractivity contribution in [2.45, 2.75) is 19.3 Å². The number of rotatable bonds is 3. The fraction of sp³-hybridized carbons (Fsp3) is 0.0588. The molecule has 10 aromatic rings. The summed E-state index contributed by atoms with van der Waals surface area (Å²) in [6.07, 6.45) is 0. The van der Waals surface area contributed by atoms with Crippen LogP contribution in [0.2, 0.25) is 0 Å². The molecule has 0 spiro atoms. The summed E-state index contributed by atoms with van der Waals surface area (Å²) in [5, 5.41) is 9.90. The molecule has 0 saturated heterocycles. The zero-order chi connectivity index (χ0) is 34.6. The van der Waals surface area contributed by atoms with Gasteiger partial charge in [0.05, 0.1) is 0 Å². The van der Waals surface area contributed by atoms with Crippen molar-refractivity contribution in [3.05, 3.63) is 181 Å². The van der Waals surface area contributed by atoms with E-state index in [0.717, 1.165) is 11.2 Å². The predicted molar refractivity (Wildman–Crippen MR) is 220 cm³/mol. The summed E-state index contributed by atoms with van der Waals surface area (Å²) in [5.41, 5.74) is 14.7. The van der Waals surface area contributed by atoms with Crippen molar-refractivity contribution in [1.29, 1.82) is 0 Å². The third-order valence-electron chi connectivity index (χ3n) is 11.6. The summed E-state index contributed by atoms with van der Waals surface area (Å²) < 4.78 is 6.46. The van der Waals surface area contributed by atoms with Gasteiger partial charge < -0.3 is 4.42 Å². The minimum Gasteiger partial charge on any atom is -0.455 e. The lowest BCUT2D eigenvalue weighted by atomic mass is 9.80. The molecule has 1 heterocycles. The van der Waals surface area contributed by atoms with Crippen LogP contribution in [0.3, 0.4) is 0 Å². The number of hydrogen-bond donors (Lipinski definition) is 0. The number of hydrogen-bond acceptors (Lipinski definition) is 1. The van der Waals surface area contributed by atoms with Gasteiger partial charge in [-0.2, -0.15) is 0 Å². The van der Waals surface area contributed by atoms with Crippen LogP contribution < -0.4 is 0 Å². The molecule has 1 aliphatic carbocycles. The molecule has 244 valence electrons. The van der Waals surface area contributed by atoms with Gasteiger partial charge in [0.1, 0.15) is 11.2 Å². The highest BCUT2D eigenvalue weighted by atomic mass is 16.3. The summed E-state index contributed by atoms with van der Waals surface area (Å²) in [6.45, 7) is 4.73. The highest BCUT2D eigenvalue weighted by molar-refractivity contribution is 6.21. The van der Waals surface area contributed by atoms with Gasteiger partial charge in [0.2, 0.25) is 0 Å². The number of benzene rings is 9. The molecule has 1 nitrogen and oxygen atoms in total.